The number of para-hydroxylation sites is 1. The minimum Gasteiger partial charge on any atom is -0.335 e. The third kappa shape index (κ3) is 3.52. The van der Waals surface area contributed by atoms with Crippen LogP contribution < -0.4 is 4.90 Å². The van der Waals surface area contributed by atoms with Gasteiger partial charge in [-0.3, -0.25) is 0 Å². The third-order valence-electron chi connectivity index (χ3n) is 10.4. The molecule has 0 saturated heterocycles. The van der Waals surface area contributed by atoms with Gasteiger partial charge >= 0.3 is 0 Å². The second-order valence-electron chi connectivity index (χ2n) is 12.6. The Morgan fingerprint density at radius 1 is 0.581 bits per heavy atom. The van der Waals surface area contributed by atoms with Crippen LogP contribution in [-0.4, -0.2) is 5.54 Å². The standard InChI is InChI=1S/C42H33N/c1-42-26-12-23-38(42)37-27-29(24-25-39(37)43(42)30-15-3-2-4-16-30)40-33-18-7-9-20-35(33)41(36-21-10-8-19-34(36)40)32-22-11-14-28-13-5-6-17-31(28)32/h2-11,13-22,24-25,27,38H,12,23,26H2,1H3. The number of fused-ring (bicyclic) bond motifs is 6. The Morgan fingerprint density at radius 2 is 1.19 bits per heavy atom. The first-order valence-electron chi connectivity index (χ1n) is 15.6. The molecule has 2 aliphatic rings. The van der Waals surface area contributed by atoms with Crippen LogP contribution in [0.1, 0.15) is 37.7 Å². The smallest absolute Gasteiger partial charge is 0.0492 e. The van der Waals surface area contributed by atoms with E-state index in [-0.39, 0.29) is 5.54 Å². The quantitative estimate of drug-likeness (QED) is 0.197. The summed E-state index contributed by atoms with van der Waals surface area (Å²) in [5, 5.41) is 7.83. The Kier molecular flexibility index (Phi) is 5.35. The zero-order valence-electron chi connectivity index (χ0n) is 24.4. The fourth-order valence-electron chi connectivity index (χ4n) is 8.56. The van der Waals surface area contributed by atoms with Gasteiger partial charge < -0.3 is 4.90 Å². The average Bonchev–Trinajstić information content (AvgIpc) is 3.56. The first kappa shape index (κ1) is 24.7. The van der Waals surface area contributed by atoms with Gasteiger partial charge in [0.15, 0.2) is 0 Å². The lowest BCUT2D eigenvalue weighted by Gasteiger charge is -2.37. The number of nitrogens with zero attached hydrogens (tertiary/aromatic N) is 1. The Morgan fingerprint density at radius 3 is 1.91 bits per heavy atom. The summed E-state index contributed by atoms with van der Waals surface area (Å²) in [6.45, 7) is 2.49. The summed E-state index contributed by atoms with van der Waals surface area (Å²) < 4.78 is 0. The van der Waals surface area contributed by atoms with Crippen LogP contribution in [0, 0.1) is 0 Å². The lowest BCUT2D eigenvalue weighted by Crippen LogP contribution is -2.40. The summed E-state index contributed by atoms with van der Waals surface area (Å²) in [7, 11) is 0. The second-order valence-corrected chi connectivity index (χ2v) is 12.6. The van der Waals surface area contributed by atoms with Crippen molar-refractivity contribution in [2.45, 2.75) is 37.6 Å². The molecule has 43 heavy (non-hydrogen) atoms. The van der Waals surface area contributed by atoms with Gasteiger partial charge in [0.05, 0.1) is 0 Å². The molecular weight excluding hydrogens is 518 g/mol. The number of benzene rings is 7. The highest BCUT2D eigenvalue weighted by atomic mass is 15.2. The highest BCUT2D eigenvalue weighted by Crippen LogP contribution is 2.59. The lowest BCUT2D eigenvalue weighted by atomic mass is 9.83. The van der Waals surface area contributed by atoms with Gasteiger partial charge in [0.2, 0.25) is 0 Å². The maximum Gasteiger partial charge on any atom is 0.0492 e. The number of rotatable bonds is 3. The molecule has 1 nitrogen and oxygen atoms in total. The molecule has 1 saturated carbocycles. The van der Waals surface area contributed by atoms with Crippen molar-refractivity contribution in [3.8, 4) is 22.3 Å². The molecule has 0 bridgehead atoms. The minimum atomic E-state index is 0.116. The summed E-state index contributed by atoms with van der Waals surface area (Å²) in [6.07, 6.45) is 3.75. The van der Waals surface area contributed by atoms with Crippen molar-refractivity contribution >= 4 is 43.7 Å². The van der Waals surface area contributed by atoms with Crippen molar-refractivity contribution in [3.05, 3.63) is 145 Å². The van der Waals surface area contributed by atoms with E-state index in [0.717, 1.165) is 0 Å². The van der Waals surface area contributed by atoms with Gasteiger partial charge in [0.1, 0.15) is 0 Å². The predicted octanol–water partition coefficient (Wildman–Crippen LogP) is 11.7. The van der Waals surface area contributed by atoms with Crippen LogP contribution in [0.2, 0.25) is 0 Å². The van der Waals surface area contributed by atoms with Crippen LogP contribution in [-0.2, 0) is 0 Å². The molecule has 1 fully saturated rings. The fraction of sp³-hybridized carbons (Fsp3) is 0.143. The van der Waals surface area contributed by atoms with Crippen molar-refractivity contribution in [3.63, 3.8) is 0 Å². The molecule has 0 radical (unpaired) electrons. The van der Waals surface area contributed by atoms with E-state index in [2.05, 4.69) is 151 Å². The molecule has 7 aromatic rings. The molecule has 1 aliphatic heterocycles. The van der Waals surface area contributed by atoms with E-state index in [0.29, 0.717) is 5.92 Å². The first-order chi connectivity index (χ1) is 21.2. The number of anilines is 2. The van der Waals surface area contributed by atoms with E-state index in [1.165, 1.54) is 90.8 Å². The molecule has 0 aromatic heterocycles. The van der Waals surface area contributed by atoms with E-state index in [9.17, 15) is 0 Å². The van der Waals surface area contributed by atoms with Gasteiger partial charge in [-0.05, 0) is 104 Å². The van der Waals surface area contributed by atoms with Crippen LogP contribution in [0.4, 0.5) is 11.4 Å². The van der Waals surface area contributed by atoms with Crippen molar-refractivity contribution in [1.82, 2.24) is 0 Å². The highest BCUT2D eigenvalue weighted by Gasteiger charge is 2.51. The van der Waals surface area contributed by atoms with Crippen LogP contribution in [0.3, 0.4) is 0 Å². The van der Waals surface area contributed by atoms with Crippen LogP contribution in [0.25, 0.3) is 54.6 Å². The molecular formula is C42H33N. The summed E-state index contributed by atoms with van der Waals surface area (Å²) >= 11 is 0. The summed E-state index contributed by atoms with van der Waals surface area (Å²) in [4.78, 5) is 2.64. The van der Waals surface area contributed by atoms with E-state index < -0.39 is 0 Å². The van der Waals surface area contributed by atoms with Gasteiger partial charge in [0.25, 0.3) is 0 Å². The molecule has 206 valence electrons. The Labute approximate surface area is 253 Å². The molecule has 1 aliphatic carbocycles. The van der Waals surface area contributed by atoms with E-state index in [1.807, 2.05) is 0 Å². The van der Waals surface area contributed by atoms with Gasteiger partial charge in [0, 0.05) is 22.8 Å². The largest absolute Gasteiger partial charge is 0.335 e. The minimum absolute atomic E-state index is 0.116. The van der Waals surface area contributed by atoms with Crippen LogP contribution >= 0.6 is 0 Å². The molecule has 0 amide bonds. The predicted molar refractivity (Wildman–Crippen MR) is 183 cm³/mol. The first-order valence-corrected chi connectivity index (χ1v) is 15.6. The topological polar surface area (TPSA) is 3.24 Å². The van der Waals surface area contributed by atoms with Crippen LogP contribution in [0.5, 0.6) is 0 Å². The summed E-state index contributed by atoms with van der Waals surface area (Å²) in [5.74, 6) is 0.537. The lowest BCUT2D eigenvalue weighted by molar-refractivity contribution is 0.451. The van der Waals surface area contributed by atoms with E-state index >= 15 is 0 Å². The van der Waals surface area contributed by atoms with E-state index in [1.54, 1.807) is 0 Å². The third-order valence-corrected chi connectivity index (χ3v) is 10.4. The van der Waals surface area contributed by atoms with Crippen molar-refractivity contribution < 1.29 is 0 Å². The SMILES string of the molecule is CC12CCCC1c1cc(-c3c4ccccc4c(-c4cccc5ccccc45)c4ccccc34)ccc1N2c1ccccc1. The molecule has 0 N–H and O–H groups in total. The molecule has 1 heteroatoms. The zero-order chi connectivity index (χ0) is 28.5. The highest BCUT2D eigenvalue weighted by molar-refractivity contribution is 6.23. The zero-order valence-corrected chi connectivity index (χ0v) is 24.4. The fourth-order valence-corrected chi connectivity index (χ4v) is 8.56. The number of hydrogen-bond donors (Lipinski definition) is 0. The average molecular weight is 552 g/mol. The Hall–Kier alpha value is -4.88. The molecule has 1 heterocycles. The summed E-state index contributed by atoms with van der Waals surface area (Å²) in [5.41, 5.74) is 9.59. The van der Waals surface area contributed by atoms with Crippen molar-refractivity contribution in [2.75, 3.05) is 4.90 Å². The monoisotopic (exact) mass is 551 g/mol. The van der Waals surface area contributed by atoms with Gasteiger partial charge in [-0.2, -0.15) is 0 Å². The van der Waals surface area contributed by atoms with Gasteiger partial charge in [-0.1, -0.05) is 122 Å². The normalized spacial score (nSPS) is 19.3. The van der Waals surface area contributed by atoms with Crippen molar-refractivity contribution in [1.29, 1.82) is 0 Å². The Bertz CT molecular complexity index is 2130. The van der Waals surface area contributed by atoms with E-state index in [4.69, 9.17) is 0 Å². The molecule has 2 atom stereocenters. The maximum atomic E-state index is 2.64. The maximum absolute atomic E-state index is 2.64. The summed E-state index contributed by atoms with van der Waals surface area (Å²) in [6, 6.07) is 51.9. The van der Waals surface area contributed by atoms with Gasteiger partial charge in [-0.15, -0.1) is 0 Å². The molecule has 9 rings (SSSR count). The number of hydrogen-bond acceptors (Lipinski definition) is 1. The van der Waals surface area contributed by atoms with Crippen LogP contribution in [0.15, 0.2) is 140 Å². The van der Waals surface area contributed by atoms with Gasteiger partial charge in [-0.25, -0.2) is 0 Å². The Balaban J connectivity index is 1.32. The molecule has 7 aromatic carbocycles. The van der Waals surface area contributed by atoms with Crippen molar-refractivity contribution in [2.24, 2.45) is 0 Å². The molecule has 0 spiro atoms. The molecule has 2 unspecified atom stereocenters. The second kappa shape index (κ2) is 9.31.